The monoisotopic (exact) mass is 743 g/mol. The van der Waals surface area contributed by atoms with Gasteiger partial charge >= 0.3 is 18.0 Å². The number of amides is 2. The third-order valence-corrected chi connectivity index (χ3v) is 12.6. The molecular weight excluding hydrogens is 717 g/mol. The largest absolute Gasteiger partial charge is 0.435 e. The number of hydrogen-bond donors (Lipinski definition) is 0. The molecule has 270 valence electrons. The van der Waals surface area contributed by atoms with Crippen molar-refractivity contribution in [3.63, 3.8) is 0 Å². The normalized spacial score (nSPS) is 23.9. The molecule has 2 heterocycles. The second-order valence-electron chi connectivity index (χ2n) is 12.7. The van der Waals surface area contributed by atoms with Crippen LogP contribution in [-0.2, 0) is 42.8 Å². The number of rotatable bonds is 6. The number of sulfone groups is 1. The second-order valence-corrected chi connectivity index (χ2v) is 14.9. The lowest BCUT2D eigenvalue weighted by molar-refractivity contribution is -0.348. The van der Waals surface area contributed by atoms with Crippen molar-refractivity contribution in [3.05, 3.63) is 100 Å². The fourth-order valence-electron chi connectivity index (χ4n) is 7.57. The van der Waals surface area contributed by atoms with Crippen molar-refractivity contribution in [1.82, 2.24) is 9.80 Å². The number of alkyl halides is 8. The van der Waals surface area contributed by atoms with Gasteiger partial charge in [0.1, 0.15) is 16.6 Å². The molecule has 2 saturated heterocycles. The minimum atomic E-state index is -6.43. The first kappa shape index (κ1) is 36.2. The lowest BCUT2D eigenvalue weighted by Gasteiger charge is -2.43. The van der Waals surface area contributed by atoms with Crippen molar-refractivity contribution >= 4 is 21.7 Å². The van der Waals surface area contributed by atoms with E-state index in [1.165, 1.54) is 24.3 Å². The van der Waals surface area contributed by atoms with E-state index in [1.54, 1.807) is 0 Å². The predicted molar refractivity (Wildman–Crippen MR) is 160 cm³/mol. The predicted octanol–water partition coefficient (Wildman–Crippen LogP) is 6.34. The van der Waals surface area contributed by atoms with Crippen molar-refractivity contribution in [2.45, 2.75) is 78.1 Å². The first-order valence-electron chi connectivity index (χ1n) is 15.5. The molecule has 3 aliphatic rings. The highest BCUT2D eigenvalue weighted by Gasteiger charge is 2.74. The summed E-state index contributed by atoms with van der Waals surface area (Å²) < 4.78 is 153. The summed E-state index contributed by atoms with van der Waals surface area (Å²) in [6.45, 7) is -0.580. The highest BCUT2D eigenvalue weighted by Crippen LogP contribution is 2.57. The molecule has 0 unspecified atom stereocenters. The highest BCUT2D eigenvalue weighted by atomic mass is 32.2. The molecule has 6 rings (SSSR count). The van der Waals surface area contributed by atoms with Crippen LogP contribution >= 0.6 is 0 Å². The number of benzene rings is 3. The van der Waals surface area contributed by atoms with E-state index in [-0.39, 0.29) is 43.1 Å². The molecule has 3 aromatic carbocycles. The van der Waals surface area contributed by atoms with Crippen molar-refractivity contribution in [1.29, 1.82) is 5.26 Å². The van der Waals surface area contributed by atoms with Crippen LogP contribution in [0.2, 0.25) is 0 Å². The summed E-state index contributed by atoms with van der Waals surface area (Å²) in [5.74, 6) is -2.66. The van der Waals surface area contributed by atoms with Crippen LogP contribution in [0.1, 0.15) is 47.1 Å². The van der Waals surface area contributed by atoms with Crippen LogP contribution in [0.5, 0.6) is 0 Å². The molecule has 1 aliphatic carbocycles. The summed E-state index contributed by atoms with van der Waals surface area (Å²) in [4.78, 5) is 28.8. The van der Waals surface area contributed by atoms with E-state index >= 15 is 4.39 Å². The average molecular weight is 744 g/mol. The molecule has 0 spiro atoms. The molecular formula is C34H26F9N3O4S. The number of hydrogen-bond acceptors (Lipinski definition) is 5. The summed E-state index contributed by atoms with van der Waals surface area (Å²) in [6, 6.07) is 9.85. The van der Waals surface area contributed by atoms with Gasteiger partial charge in [-0.3, -0.25) is 9.59 Å². The molecule has 4 atom stereocenters. The standard InChI is InChI=1S/C34H26F9N3O4S/c35-23-7-9-24(10-8-23)51(49,50)31-13-14-45(30(48)27-16-26(36)29(47)46(27)18-20-3-1-19(17-44)2-4-20)28(31)12-5-21-15-22(6-11-25(21)31)32(37,33(38,39)40)34(41,42)43/h1-4,6-11,15,26-28H,5,12-14,16,18H2/t26-,27+,28-,31-/m1/s1. The first-order chi connectivity index (χ1) is 23.8. The van der Waals surface area contributed by atoms with Crippen molar-refractivity contribution in [2.75, 3.05) is 6.54 Å². The Hall–Kier alpha value is -4.59. The zero-order chi connectivity index (χ0) is 37.3. The third kappa shape index (κ3) is 5.53. The van der Waals surface area contributed by atoms with E-state index in [4.69, 9.17) is 5.26 Å². The second kappa shape index (κ2) is 12.3. The molecule has 0 bridgehead atoms. The summed E-state index contributed by atoms with van der Waals surface area (Å²) >= 11 is 0. The van der Waals surface area contributed by atoms with Gasteiger partial charge in [-0.2, -0.15) is 31.6 Å². The number of nitriles is 1. The maximum absolute atomic E-state index is 15.1. The van der Waals surface area contributed by atoms with Gasteiger partial charge in [0.2, 0.25) is 5.91 Å². The Morgan fingerprint density at radius 2 is 1.57 bits per heavy atom. The van der Waals surface area contributed by atoms with Crippen molar-refractivity contribution < 1.29 is 57.5 Å². The van der Waals surface area contributed by atoms with Crippen LogP contribution < -0.4 is 0 Å². The van der Waals surface area contributed by atoms with E-state index in [2.05, 4.69) is 0 Å². The van der Waals surface area contributed by atoms with Gasteiger partial charge < -0.3 is 9.80 Å². The Kier molecular flexibility index (Phi) is 8.72. The number of halogens is 9. The van der Waals surface area contributed by atoms with Gasteiger partial charge in [0, 0.05) is 25.1 Å². The number of fused-ring (bicyclic) bond motifs is 3. The topological polar surface area (TPSA) is 98.5 Å². The molecule has 51 heavy (non-hydrogen) atoms. The third-order valence-electron chi connectivity index (χ3n) is 10.0. The van der Waals surface area contributed by atoms with E-state index in [0.717, 1.165) is 34.1 Å². The lowest BCUT2D eigenvalue weighted by Crippen LogP contribution is -2.55. The van der Waals surface area contributed by atoms with E-state index in [9.17, 15) is 53.1 Å². The van der Waals surface area contributed by atoms with E-state index in [0.29, 0.717) is 23.3 Å². The van der Waals surface area contributed by atoms with Crippen LogP contribution in [0.25, 0.3) is 0 Å². The Balaban J connectivity index is 1.44. The fourth-order valence-corrected chi connectivity index (χ4v) is 9.94. The minimum absolute atomic E-state index is 0.220. The molecule has 17 heteroatoms. The minimum Gasteiger partial charge on any atom is -0.336 e. The molecule has 0 radical (unpaired) electrons. The highest BCUT2D eigenvalue weighted by molar-refractivity contribution is 7.92. The van der Waals surface area contributed by atoms with Crippen LogP contribution in [0.3, 0.4) is 0 Å². The van der Waals surface area contributed by atoms with Gasteiger partial charge in [0.05, 0.1) is 22.6 Å². The summed E-state index contributed by atoms with van der Waals surface area (Å²) in [7, 11) is -4.76. The zero-order valence-corrected chi connectivity index (χ0v) is 26.9. The molecule has 0 saturated carbocycles. The van der Waals surface area contributed by atoms with Gasteiger partial charge in [-0.05, 0) is 72.4 Å². The van der Waals surface area contributed by atoms with Gasteiger partial charge in [0.25, 0.3) is 5.91 Å². The molecule has 2 aliphatic heterocycles. The molecule has 0 aromatic heterocycles. The summed E-state index contributed by atoms with van der Waals surface area (Å²) in [5.41, 5.74) is -7.44. The van der Waals surface area contributed by atoms with E-state index in [1.807, 2.05) is 6.07 Å². The fraction of sp³-hybridized carbons (Fsp3) is 0.382. The van der Waals surface area contributed by atoms with Gasteiger partial charge in [-0.15, -0.1) is 0 Å². The Morgan fingerprint density at radius 3 is 2.16 bits per heavy atom. The molecule has 7 nitrogen and oxygen atoms in total. The molecule has 3 aromatic rings. The number of nitrogens with zero attached hydrogens (tertiary/aromatic N) is 3. The van der Waals surface area contributed by atoms with Crippen molar-refractivity contribution in [3.8, 4) is 6.07 Å². The Morgan fingerprint density at radius 1 is 0.941 bits per heavy atom. The van der Waals surface area contributed by atoms with Crippen LogP contribution in [0, 0.1) is 17.1 Å². The summed E-state index contributed by atoms with van der Waals surface area (Å²) in [6.07, 6.45) is -16.7. The van der Waals surface area contributed by atoms with Crippen LogP contribution in [0.15, 0.2) is 71.6 Å². The van der Waals surface area contributed by atoms with E-state index < -0.39 is 91.8 Å². The van der Waals surface area contributed by atoms with Gasteiger partial charge in [-0.25, -0.2) is 21.6 Å². The Labute approximate surface area is 285 Å². The molecule has 0 N–H and O–H groups in total. The average Bonchev–Trinajstić information content (AvgIpc) is 3.62. The van der Waals surface area contributed by atoms with Crippen LogP contribution in [0.4, 0.5) is 39.5 Å². The number of carbonyl (C=O) groups excluding carboxylic acids is 2. The van der Waals surface area contributed by atoms with Gasteiger partial charge in [-0.1, -0.05) is 30.3 Å². The SMILES string of the molecule is N#Cc1ccc(CN2C(=O)[C@H](F)C[C@H]2C(=O)N2CC[C@@]3(S(=O)(=O)c4ccc(F)cc4)c4ccc(C(F)(C(F)(F)F)C(F)(F)F)cc4CC[C@@H]23)cc1. The van der Waals surface area contributed by atoms with Crippen molar-refractivity contribution in [2.24, 2.45) is 0 Å². The molecule has 2 fully saturated rings. The Bertz CT molecular complexity index is 2020. The number of likely N-dealkylation sites (tertiary alicyclic amines) is 2. The maximum atomic E-state index is 15.1. The van der Waals surface area contributed by atoms with Gasteiger partial charge in [0.15, 0.2) is 16.0 Å². The number of carbonyl (C=O) groups is 2. The lowest BCUT2D eigenvalue weighted by atomic mass is 9.76. The number of aryl methyl sites for hydroxylation is 1. The zero-order valence-electron chi connectivity index (χ0n) is 26.1. The van der Waals surface area contributed by atoms with Crippen LogP contribution in [-0.4, -0.2) is 67.2 Å². The first-order valence-corrected chi connectivity index (χ1v) is 17.0. The smallest absolute Gasteiger partial charge is 0.336 e. The maximum Gasteiger partial charge on any atom is 0.435 e. The molecule has 2 amide bonds. The summed E-state index contributed by atoms with van der Waals surface area (Å²) in [5, 5.41) is 9.08. The quantitative estimate of drug-likeness (QED) is 0.217.